The van der Waals surface area contributed by atoms with Gasteiger partial charge in [-0.05, 0) is 19.4 Å². The summed E-state index contributed by atoms with van der Waals surface area (Å²) in [5, 5.41) is 9.06. The van der Waals surface area contributed by atoms with Crippen molar-refractivity contribution in [1.29, 1.82) is 0 Å². The van der Waals surface area contributed by atoms with E-state index in [1.54, 1.807) is 13.8 Å². The Morgan fingerprint density at radius 1 is 1.11 bits per heavy atom. The quantitative estimate of drug-likeness (QED) is 0.889. The highest BCUT2D eigenvalue weighted by atomic mass is 19.3. The molecule has 18 heavy (non-hydrogen) atoms. The molecule has 1 rings (SSSR count). The van der Waals surface area contributed by atoms with Crippen molar-refractivity contribution in [2.75, 3.05) is 0 Å². The second-order valence-corrected chi connectivity index (χ2v) is 5.29. The number of aliphatic carboxylic acids is 1. The Morgan fingerprint density at radius 2 is 1.50 bits per heavy atom. The molecule has 1 aromatic carbocycles. The van der Waals surface area contributed by atoms with Gasteiger partial charge in [-0.1, -0.05) is 38.1 Å². The van der Waals surface area contributed by atoms with Crippen LogP contribution in [0.4, 0.5) is 8.78 Å². The maximum absolute atomic E-state index is 13.7. The smallest absolute Gasteiger partial charge is 0.313 e. The summed E-state index contributed by atoms with van der Waals surface area (Å²) in [5.74, 6) is -4.67. The fraction of sp³-hybridized carbons (Fsp3) is 0.500. The van der Waals surface area contributed by atoms with Gasteiger partial charge in [0.25, 0.3) is 5.92 Å². The predicted octanol–water partition coefficient (Wildman–Crippen LogP) is 3.80. The van der Waals surface area contributed by atoms with Crippen LogP contribution in [-0.2, 0) is 16.1 Å². The van der Waals surface area contributed by atoms with Crippen LogP contribution in [0.15, 0.2) is 24.3 Å². The molecule has 100 valence electrons. The average Bonchev–Trinajstić information content (AvgIpc) is 2.28. The number of carbonyl (C=O) groups is 1. The van der Waals surface area contributed by atoms with Gasteiger partial charge in [0.15, 0.2) is 0 Å². The lowest BCUT2D eigenvalue weighted by molar-refractivity contribution is -0.142. The molecule has 0 unspecified atom stereocenters. The monoisotopic (exact) mass is 256 g/mol. The molecule has 0 aliphatic carbocycles. The van der Waals surface area contributed by atoms with Crippen molar-refractivity contribution in [3.05, 3.63) is 35.4 Å². The van der Waals surface area contributed by atoms with Crippen LogP contribution in [0.25, 0.3) is 0 Å². The highest BCUT2D eigenvalue weighted by Gasteiger charge is 2.36. The maximum Gasteiger partial charge on any atom is 0.313 e. The first-order valence-electron chi connectivity index (χ1n) is 5.82. The molecule has 0 bridgehead atoms. The molecule has 4 heteroatoms. The number of carboxylic acid groups (broad SMARTS) is 1. The standard InChI is InChI=1S/C14H18F2O2/c1-9(2)14(15,16)11-7-5-10(6-8-11)13(3,4)12(17)18/h5-9H,1-4H3,(H,17,18). The average molecular weight is 256 g/mol. The van der Waals surface area contributed by atoms with Crippen molar-refractivity contribution in [2.45, 2.75) is 39.0 Å². The summed E-state index contributed by atoms with van der Waals surface area (Å²) in [6, 6.07) is 5.53. The number of benzene rings is 1. The zero-order valence-electron chi connectivity index (χ0n) is 11.0. The third kappa shape index (κ3) is 2.52. The summed E-state index contributed by atoms with van der Waals surface area (Å²) >= 11 is 0. The normalized spacial score (nSPS) is 12.8. The van der Waals surface area contributed by atoms with Crippen molar-refractivity contribution >= 4 is 5.97 Å². The van der Waals surface area contributed by atoms with Gasteiger partial charge in [0.1, 0.15) is 0 Å². The summed E-state index contributed by atoms with van der Waals surface area (Å²) in [4.78, 5) is 11.1. The van der Waals surface area contributed by atoms with Crippen LogP contribution in [0, 0.1) is 5.92 Å². The lowest BCUT2D eigenvalue weighted by atomic mass is 9.83. The second kappa shape index (κ2) is 4.67. The topological polar surface area (TPSA) is 37.3 Å². The van der Waals surface area contributed by atoms with E-state index >= 15 is 0 Å². The van der Waals surface area contributed by atoms with E-state index < -0.39 is 23.2 Å². The number of hydrogen-bond donors (Lipinski definition) is 1. The number of hydrogen-bond acceptors (Lipinski definition) is 1. The van der Waals surface area contributed by atoms with Gasteiger partial charge >= 0.3 is 5.97 Å². The molecule has 0 amide bonds. The van der Waals surface area contributed by atoms with Gasteiger partial charge in [0.2, 0.25) is 0 Å². The molecule has 0 aliphatic heterocycles. The zero-order chi connectivity index (χ0) is 14.1. The number of halogens is 2. The van der Waals surface area contributed by atoms with Crippen molar-refractivity contribution in [1.82, 2.24) is 0 Å². The highest BCUT2D eigenvalue weighted by Crippen LogP contribution is 2.36. The van der Waals surface area contributed by atoms with Crippen molar-refractivity contribution in [3.8, 4) is 0 Å². The van der Waals surface area contributed by atoms with Gasteiger partial charge in [-0.25, -0.2) is 8.78 Å². The van der Waals surface area contributed by atoms with Crippen LogP contribution in [-0.4, -0.2) is 11.1 Å². The fourth-order valence-electron chi connectivity index (χ4n) is 1.57. The van der Waals surface area contributed by atoms with E-state index in [4.69, 9.17) is 5.11 Å². The summed E-state index contributed by atoms with van der Waals surface area (Å²) in [6.45, 7) is 6.00. The van der Waals surface area contributed by atoms with Crippen molar-refractivity contribution in [3.63, 3.8) is 0 Å². The molecule has 0 fully saturated rings. The van der Waals surface area contributed by atoms with Crippen LogP contribution in [0.2, 0.25) is 0 Å². The Labute approximate surface area is 106 Å². The number of alkyl halides is 2. The van der Waals surface area contributed by atoms with Gasteiger partial charge < -0.3 is 5.11 Å². The Kier molecular flexibility index (Phi) is 3.79. The first-order chi connectivity index (χ1) is 8.10. The molecule has 0 heterocycles. The summed E-state index contributed by atoms with van der Waals surface area (Å²) < 4.78 is 27.5. The summed E-state index contributed by atoms with van der Waals surface area (Å²) in [6.07, 6.45) is 0. The molecule has 1 N–H and O–H groups in total. The van der Waals surface area contributed by atoms with E-state index in [0.29, 0.717) is 5.56 Å². The van der Waals surface area contributed by atoms with Crippen molar-refractivity contribution in [2.24, 2.45) is 5.92 Å². The van der Waals surface area contributed by atoms with Crippen LogP contribution in [0.3, 0.4) is 0 Å². The van der Waals surface area contributed by atoms with E-state index in [1.807, 2.05) is 0 Å². The highest BCUT2D eigenvalue weighted by molar-refractivity contribution is 5.80. The summed E-state index contributed by atoms with van der Waals surface area (Å²) in [5.41, 5.74) is -0.646. The van der Waals surface area contributed by atoms with Crippen molar-refractivity contribution < 1.29 is 18.7 Å². The second-order valence-electron chi connectivity index (χ2n) is 5.29. The summed E-state index contributed by atoms with van der Waals surface area (Å²) in [7, 11) is 0. The van der Waals surface area contributed by atoms with Gasteiger partial charge in [0, 0.05) is 11.5 Å². The first kappa shape index (κ1) is 14.6. The fourth-order valence-corrected chi connectivity index (χ4v) is 1.57. The zero-order valence-corrected chi connectivity index (χ0v) is 11.0. The van der Waals surface area contributed by atoms with Gasteiger partial charge in [-0.15, -0.1) is 0 Å². The van der Waals surface area contributed by atoms with E-state index in [0.717, 1.165) is 0 Å². The third-order valence-corrected chi connectivity index (χ3v) is 3.25. The predicted molar refractivity (Wildman–Crippen MR) is 65.8 cm³/mol. The van der Waals surface area contributed by atoms with Gasteiger partial charge in [-0.3, -0.25) is 4.79 Å². The van der Waals surface area contributed by atoms with Crippen LogP contribution in [0.5, 0.6) is 0 Å². The van der Waals surface area contributed by atoms with E-state index in [9.17, 15) is 13.6 Å². The largest absolute Gasteiger partial charge is 0.481 e. The molecule has 0 spiro atoms. The molecular formula is C14H18F2O2. The minimum Gasteiger partial charge on any atom is -0.481 e. The Bertz CT molecular complexity index is 434. The molecule has 2 nitrogen and oxygen atoms in total. The van der Waals surface area contributed by atoms with Gasteiger partial charge in [0.05, 0.1) is 5.41 Å². The molecule has 0 aliphatic rings. The maximum atomic E-state index is 13.7. The third-order valence-electron chi connectivity index (χ3n) is 3.25. The lowest BCUT2D eigenvalue weighted by Crippen LogP contribution is -2.28. The minimum atomic E-state index is -2.90. The number of rotatable bonds is 4. The number of carboxylic acids is 1. The van der Waals surface area contributed by atoms with E-state index in [-0.39, 0.29) is 5.56 Å². The van der Waals surface area contributed by atoms with E-state index in [2.05, 4.69) is 0 Å². The molecule has 0 atom stereocenters. The molecule has 0 saturated heterocycles. The lowest BCUT2D eigenvalue weighted by Gasteiger charge is -2.23. The van der Waals surface area contributed by atoms with E-state index in [1.165, 1.54) is 38.1 Å². The molecule has 1 aromatic rings. The van der Waals surface area contributed by atoms with Crippen LogP contribution >= 0.6 is 0 Å². The Balaban J connectivity index is 3.12. The molecule has 0 aromatic heterocycles. The molecule has 0 radical (unpaired) electrons. The Hall–Kier alpha value is -1.45. The molecular weight excluding hydrogens is 238 g/mol. The van der Waals surface area contributed by atoms with Crippen LogP contribution in [0.1, 0.15) is 38.8 Å². The van der Waals surface area contributed by atoms with Crippen LogP contribution < -0.4 is 0 Å². The van der Waals surface area contributed by atoms with Gasteiger partial charge in [-0.2, -0.15) is 0 Å². The first-order valence-corrected chi connectivity index (χ1v) is 5.82. The minimum absolute atomic E-state index is 0.0811. The Morgan fingerprint density at radius 3 is 1.83 bits per heavy atom. The SMILES string of the molecule is CC(C)C(F)(F)c1ccc(C(C)(C)C(=O)O)cc1. The molecule has 0 saturated carbocycles.